The van der Waals surface area contributed by atoms with E-state index in [1.54, 1.807) is 11.0 Å². The molecule has 4 heteroatoms. The van der Waals surface area contributed by atoms with E-state index < -0.39 is 0 Å². The molecule has 0 aliphatic carbocycles. The highest BCUT2D eigenvalue weighted by Crippen LogP contribution is 2.31. The number of nitrogens with zero attached hydrogens (tertiary/aromatic N) is 1. The van der Waals surface area contributed by atoms with Gasteiger partial charge in [-0.15, -0.1) is 0 Å². The number of carbonyl (C=O) groups is 1. The SMILES string of the molecule is Cc1ccc(Cl)c(N2CC(CO)CC2=O)c1. The predicted molar refractivity (Wildman–Crippen MR) is 63.7 cm³/mol. The van der Waals surface area contributed by atoms with Crippen LogP contribution in [-0.4, -0.2) is 24.2 Å². The second-order valence-electron chi connectivity index (χ2n) is 4.21. The summed E-state index contributed by atoms with van der Waals surface area (Å²) in [6.45, 7) is 2.56. The molecule has 2 rings (SSSR count). The van der Waals surface area contributed by atoms with Crippen molar-refractivity contribution in [1.29, 1.82) is 0 Å². The Balaban J connectivity index is 2.30. The van der Waals surface area contributed by atoms with Gasteiger partial charge in [-0.3, -0.25) is 4.79 Å². The fraction of sp³-hybridized carbons (Fsp3) is 0.417. The summed E-state index contributed by atoms with van der Waals surface area (Å²) in [6.07, 6.45) is 0.404. The average Bonchev–Trinajstić information content (AvgIpc) is 2.63. The van der Waals surface area contributed by atoms with E-state index in [4.69, 9.17) is 16.7 Å². The molecular weight excluding hydrogens is 226 g/mol. The van der Waals surface area contributed by atoms with Crippen LogP contribution in [0.25, 0.3) is 0 Å². The van der Waals surface area contributed by atoms with Gasteiger partial charge in [0.2, 0.25) is 5.91 Å². The molecule has 1 aliphatic heterocycles. The van der Waals surface area contributed by atoms with E-state index in [0.29, 0.717) is 18.0 Å². The molecule has 1 fully saturated rings. The second-order valence-corrected chi connectivity index (χ2v) is 4.62. The molecule has 0 saturated carbocycles. The first kappa shape index (κ1) is 11.4. The molecule has 1 unspecified atom stereocenters. The van der Waals surface area contributed by atoms with Gasteiger partial charge in [-0.1, -0.05) is 17.7 Å². The fourth-order valence-electron chi connectivity index (χ4n) is 1.97. The van der Waals surface area contributed by atoms with Gasteiger partial charge in [0.1, 0.15) is 0 Å². The van der Waals surface area contributed by atoms with Gasteiger partial charge in [0.15, 0.2) is 0 Å². The van der Waals surface area contributed by atoms with Crippen LogP contribution in [0.3, 0.4) is 0 Å². The highest BCUT2D eigenvalue weighted by molar-refractivity contribution is 6.33. The third-order valence-corrected chi connectivity index (χ3v) is 3.18. The second kappa shape index (κ2) is 4.44. The van der Waals surface area contributed by atoms with E-state index in [9.17, 15) is 4.79 Å². The van der Waals surface area contributed by atoms with Crippen LogP contribution in [0.5, 0.6) is 0 Å². The number of aliphatic hydroxyl groups excluding tert-OH is 1. The van der Waals surface area contributed by atoms with Crippen LogP contribution >= 0.6 is 11.6 Å². The largest absolute Gasteiger partial charge is 0.396 e. The Kier molecular flexibility index (Phi) is 3.17. The van der Waals surface area contributed by atoms with Crippen molar-refractivity contribution in [3.05, 3.63) is 28.8 Å². The van der Waals surface area contributed by atoms with Crippen LogP contribution < -0.4 is 4.90 Å². The minimum Gasteiger partial charge on any atom is -0.396 e. The molecule has 1 heterocycles. The maximum Gasteiger partial charge on any atom is 0.227 e. The minimum atomic E-state index is 0.0316. The van der Waals surface area contributed by atoms with Gasteiger partial charge in [-0.25, -0.2) is 0 Å². The van der Waals surface area contributed by atoms with Gasteiger partial charge in [0.25, 0.3) is 0 Å². The number of aryl methyl sites for hydroxylation is 1. The lowest BCUT2D eigenvalue weighted by Gasteiger charge is -2.18. The Morgan fingerprint density at radius 3 is 2.94 bits per heavy atom. The molecule has 0 spiro atoms. The first-order chi connectivity index (χ1) is 7.61. The molecule has 1 atom stereocenters. The highest BCUT2D eigenvalue weighted by Gasteiger charge is 2.31. The normalized spacial score (nSPS) is 20.6. The lowest BCUT2D eigenvalue weighted by Crippen LogP contribution is -2.25. The smallest absolute Gasteiger partial charge is 0.227 e. The molecule has 0 bridgehead atoms. The molecule has 1 aromatic carbocycles. The number of halogens is 1. The summed E-state index contributed by atoms with van der Waals surface area (Å²) in [5.74, 6) is 0.0654. The highest BCUT2D eigenvalue weighted by atomic mass is 35.5. The van der Waals surface area contributed by atoms with Crippen molar-refractivity contribution < 1.29 is 9.90 Å². The topological polar surface area (TPSA) is 40.5 Å². The molecule has 1 aliphatic rings. The first-order valence-corrected chi connectivity index (χ1v) is 5.67. The lowest BCUT2D eigenvalue weighted by molar-refractivity contribution is -0.117. The van der Waals surface area contributed by atoms with Crippen molar-refractivity contribution in [2.45, 2.75) is 13.3 Å². The predicted octanol–water partition coefficient (Wildman–Crippen LogP) is 1.99. The average molecular weight is 240 g/mol. The third-order valence-electron chi connectivity index (χ3n) is 2.86. The molecule has 0 aromatic heterocycles. The van der Waals surface area contributed by atoms with Crippen molar-refractivity contribution in [1.82, 2.24) is 0 Å². The summed E-state index contributed by atoms with van der Waals surface area (Å²) in [6, 6.07) is 5.61. The fourth-order valence-corrected chi connectivity index (χ4v) is 2.19. The number of hydrogen-bond donors (Lipinski definition) is 1. The third kappa shape index (κ3) is 2.06. The van der Waals surface area contributed by atoms with E-state index in [-0.39, 0.29) is 18.4 Å². The van der Waals surface area contributed by atoms with Crippen LogP contribution in [0, 0.1) is 12.8 Å². The summed E-state index contributed by atoms with van der Waals surface area (Å²) in [5, 5.41) is 9.64. The minimum absolute atomic E-state index is 0.0316. The molecular formula is C12H14ClNO2. The summed E-state index contributed by atoms with van der Waals surface area (Å²) < 4.78 is 0. The maximum atomic E-state index is 11.8. The molecule has 1 saturated heterocycles. The number of amides is 1. The number of benzene rings is 1. The lowest BCUT2D eigenvalue weighted by atomic mass is 10.1. The quantitative estimate of drug-likeness (QED) is 0.858. The van der Waals surface area contributed by atoms with Crippen LogP contribution in [0.2, 0.25) is 5.02 Å². The zero-order valence-corrected chi connectivity index (χ0v) is 9.87. The standard InChI is InChI=1S/C12H14ClNO2/c1-8-2-3-10(13)11(4-8)14-6-9(7-15)5-12(14)16/h2-4,9,15H,5-7H2,1H3. The molecule has 1 aromatic rings. The van der Waals surface area contributed by atoms with Crippen LogP contribution in [0.4, 0.5) is 5.69 Å². The molecule has 16 heavy (non-hydrogen) atoms. The molecule has 3 nitrogen and oxygen atoms in total. The van der Waals surface area contributed by atoms with Crippen LogP contribution in [0.15, 0.2) is 18.2 Å². The maximum absolute atomic E-state index is 11.8. The Morgan fingerprint density at radius 1 is 1.56 bits per heavy atom. The van der Waals surface area contributed by atoms with Crippen molar-refractivity contribution in [2.24, 2.45) is 5.92 Å². The van der Waals surface area contributed by atoms with E-state index in [1.165, 1.54) is 0 Å². The summed E-state index contributed by atoms with van der Waals surface area (Å²) in [4.78, 5) is 13.4. The van der Waals surface area contributed by atoms with Gasteiger partial charge in [0, 0.05) is 25.5 Å². The van der Waals surface area contributed by atoms with E-state index in [1.807, 2.05) is 19.1 Å². The van der Waals surface area contributed by atoms with E-state index in [2.05, 4.69) is 0 Å². The number of rotatable bonds is 2. The van der Waals surface area contributed by atoms with Crippen molar-refractivity contribution in [3.8, 4) is 0 Å². The van der Waals surface area contributed by atoms with Crippen molar-refractivity contribution in [2.75, 3.05) is 18.1 Å². The Morgan fingerprint density at radius 2 is 2.31 bits per heavy atom. The van der Waals surface area contributed by atoms with Gasteiger partial charge >= 0.3 is 0 Å². The van der Waals surface area contributed by atoms with Crippen LogP contribution in [0.1, 0.15) is 12.0 Å². The number of aliphatic hydroxyl groups is 1. The number of anilines is 1. The van der Waals surface area contributed by atoms with Crippen LogP contribution in [-0.2, 0) is 4.79 Å². The van der Waals surface area contributed by atoms with E-state index in [0.717, 1.165) is 11.3 Å². The van der Waals surface area contributed by atoms with Gasteiger partial charge in [-0.2, -0.15) is 0 Å². The van der Waals surface area contributed by atoms with E-state index >= 15 is 0 Å². The zero-order valence-electron chi connectivity index (χ0n) is 9.11. The summed E-state index contributed by atoms with van der Waals surface area (Å²) in [7, 11) is 0. The van der Waals surface area contributed by atoms with Gasteiger partial charge in [-0.05, 0) is 24.6 Å². The van der Waals surface area contributed by atoms with Gasteiger partial charge in [0.05, 0.1) is 10.7 Å². The summed E-state index contributed by atoms with van der Waals surface area (Å²) >= 11 is 6.08. The van der Waals surface area contributed by atoms with Gasteiger partial charge < -0.3 is 10.0 Å². The number of hydrogen-bond acceptors (Lipinski definition) is 2. The first-order valence-electron chi connectivity index (χ1n) is 5.29. The summed E-state index contributed by atoms with van der Waals surface area (Å²) in [5.41, 5.74) is 1.82. The van der Waals surface area contributed by atoms with Crippen molar-refractivity contribution >= 4 is 23.2 Å². The number of carbonyl (C=O) groups excluding carboxylic acids is 1. The monoisotopic (exact) mass is 239 g/mol. The molecule has 0 radical (unpaired) electrons. The Labute approximate surface area is 99.6 Å². The zero-order chi connectivity index (χ0) is 11.7. The van der Waals surface area contributed by atoms with Crippen molar-refractivity contribution in [3.63, 3.8) is 0 Å². The Hall–Kier alpha value is -1.06. The molecule has 86 valence electrons. The molecule has 1 N–H and O–H groups in total. The Bertz CT molecular complexity index is 419. The molecule has 1 amide bonds.